The van der Waals surface area contributed by atoms with E-state index in [0.29, 0.717) is 22.8 Å². The molecule has 160 valence electrons. The van der Waals surface area contributed by atoms with Crippen molar-refractivity contribution in [1.29, 1.82) is 0 Å². The number of nitrogens with zero attached hydrogens (tertiary/aromatic N) is 3. The lowest BCUT2D eigenvalue weighted by Gasteiger charge is -2.08. The number of anilines is 1. The van der Waals surface area contributed by atoms with Crippen LogP contribution < -0.4 is 10.1 Å². The Balaban J connectivity index is 1.76. The van der Waals surface area contributed by atoms with Crippen LogP contribution >= 0.6 is 0 Å². The molecule has 0 saturated carbocycles. The highest BCUT2D eigenvalue weighted by atomic mass is 19.1. The average Bonchev–Trinajstić information content (AvgIpc) is 3.26. The van der Waals surface area contributed by atoms with Crippen LogP contribution in [-0.4, -0.2) is 27.7 Å². The summed E-state index contributed by atoms with van der Waals surface area (Å²) in [5, 5.41) is 18.2. The van der Waals surface area contributed by atoms with Crippen LogP contribution in [0.25, 0.3) is 16.9 Å². The van der Waals surface area contributed by atoms with Gasteiger partial charge in [-0.1, -0.05) is 12.1 Å². The first-order valence-corrected chi connectivity index (χ1v) is 9.51. The Hall–Kier alpha value is -4.53. The van der Waals surface area contributed by atoms with Gasteiger partial charge in [-0.25, -0.2) is 9.07 Å². The van der Waals surface area contributed by atoms with Gasteiger partial charge in [0.15, 0.2) is 0 Å². The SMILES string of the molecule is COc1cccc(-c2cc(C(=O)Nc3ccc(F)cc3)n(-c3ccc([N+](=O)[O-])cc3)n2)c1. The molecule has 9 heteroatoms. The fourth-order valence-electron chi connectivity index (χ4n) is 3.11. The molecule has 8 nitrogen and oxygen atoms in total. The van der Waals surface area contributed by atoms with E-state index in [2.05, 4.69) is 10.4 Å². The minimum absolute atomic E-state index is 0.0776. The van der Waals surface area contributed by atoms with Gasteiger partial charge in [-0.05, 0) is 54.6 Å². The van der Waals surface area contributed by atoms with Gasteiger partial charge in [-0.3, -0.25) is 14.9 Å². The van der Waals surface area contributed by atoms with E-state index in [1.54, 1.807) is 31.4 Å². The Morgan fingerprint density at radius 3 is 2.44 bits per heavy atom. The summed E-state index contributed by atoms with van der Waals surface area (Å²) >= 11 is 0. The van der Waals surface area contributed by atoms with Gasteiger partial charge in [0.2, 0.25) is 0 Å². The number of carbonyl (C=O) groups excluding carboxylic acids is 1. The van der Waals surface area contributed by atoms with Gasteiger partial charge in [0.25, 0.3) is 11.6 Å². The van der Waals surface area contributed by atoms with Gasteiger partial charge in [0, 0.05) is 23.4 Å². The second kappa shape index (κ2) is 8.68. The third-order valence-electron chi connectivity index (χ3n) is 4.71. The molecule has 1 amide bonds. The van der Waals surface area contributed by atoms with E-state index in [-0.39, 0.29) is 11.4 Å². The monoisotopic (exact) mass is 432 g/mol. The minimum Gasteiger partial charge on any atom is -0.497 e. The lowest BCUT2D eigenvalue weighted by Crippen LogP contribution is -2.17. The third-order valence-corrected chi connectivity index (χ3v) is 4.71. The summed E-state index contributed by atoms with van der Waals surface area (Å²) in [4.78, 5) is 23.5. The molecule has 3 aromatic carbocycles. The fraction of sp³-hybridized carbons (Fsp3) is 0.0435. The zero-order valence-corrected chi connectivity index (χ0v) is 16.9. The fourth-order valence-corrected chi connectivity index (χ4v) is 3.11. The molecule has 4 rings (SSSR count). The van der Waals surface area contributed by atoms with E-state index in [9.17, 15) is 19.3 Å². The molecule has 1 N–H and O–H groups in total. The van der Waals surface area contributed by atoms with Gasteiger partial charge in [0.05, 0.1) is 23.4 Å². The average molecular weight is 432 g/mol. The smallest absolute Gasteiger partial charge is 0.274 e. The van der Waals surface area contributed by atoms with Crippen molar-refractivity contribution in [2.24, 2.45) is 0 Å². The number of ether oxygens (including phenoxy) is 1. The molecule has 0 unspecified atom stereocenters. The van der Waals surface area contributed by atoms with Crippen LogP contribution in [0.4, 0.5) is 15.8 Å². The molecule has 0 aliphatic heterocycles. The van der Waals surface area contributed by atoms with Crippen LogP contribution in [0.5, 0.6) is 5.75 Å². The second-order valence-corrected chi connectivity index (χ2v) is 6.79. The summed E-state index contributed by atoms with van der Waals surface area (Å²) in [6, 6.07) is 19.9. The number of amides is 1. The van der Waals surface area contributed by atoms with E-state index in [0.717, 1.165) is 5.56 Å². The number of hydrogen-bond acceptors (Lipinski definition) is 5. The molecule has 0 aliphatic carbocycles. The topological polar surface area (TPSA) is 99.3 Å². The number of benzene rings is 3. The molecular weight excluding hydrogens is 415 g/mol. The van der Waals surface area contributed by atoms with Gasteiger partial charge in [-0.2, -0.15) is 5.10 Å². The van der Waals surface area contributed by atoms with Crippen molar-refractivity contribution in [3.63, 3.8) is 0 Å². The van der Waals surface area contributed by atoms with Crippen LogP contribution in [-0.2, 0) is 0 Å². The van der Waals surface area contributed by atoms with Crippen molar-refractivity contribution >= 4 is 17.3 Å². The number of nitro benzene ring substituents is 1. The highest BCUT2D eigenvalue weighted by Gasteiger charge is 2.19. The number of non-ortho nitro benzene ring substituents is 1. The predicted octanol–water partition coefficient (Wildman–Crippen LogP) is 4.85. The maximum Gasteiger partial charge on any atom is 0.274 e. The van der Waals surface area contributed by atoms with Crippen LogP contribution in [0.1, 0.15) is 10.5 Å². The lowest BCUT2D eigenvalue weighted by atomic mass is 10.1. The Kier molecular flexibility index (Phi) is 5.63. The lowest BCUT2D eigenvalue weighted by molar-refractivity contribution is -0.384. The second-order valence-electron chi connectivity index (χ2n) is 6.79. The van der Waals surface area contributed by atoms with E-state index in [1.165, 1.54) is 53.2 Å². The Bertz CT molecular complexity index is 1280. The zero-order valence-electron chi connectivity index (χ0n) is 16.9. The first-order chi connectivity index (χ1) is 15.4. The van der Waals surface area contributed by atoms with Crippen molar-refractivity contribution in [1.82, 2.24) is 9.78 Å². The summed E-state index contributed by atoms with van der Waals surface area (Å²) in [7, 11) is 1.55. The number of rotatable bonds is 6. The zero-order chi connectivity index (χ0) is 22.7. The van der Waals surface area contributed by atoms with Gasteiger partial charge >= 0.3 is 0 Å². The number of methoxy groups -OCH3 is 1. The van der Waals surface area contributed by atoms with Crippen LogP contribution in [0, 0.1) is 15.9 Å². The summed E-state index contributed by atoms with van der Waals surface area (Å²) < 4.78 is 19.9. The van der Waals surface area contributed by atoms with Crippen molar-refractivity contribution in [2.45, 2.75) is 0 Å². The number of nitro groups is 1. The van der Waals surface area contributed by atoms with Gasteiger partial charge in [-0.15, -0.1) is 0 Å². The molecule has 1 heterocycles. The maximum atomic E-state index is 13.2. The summed E-state index contributed by atoms with van der Waals surface area (Å²) in [6.07, 6.45) is 0. The molecular formula is C23H17FN4O4. The molecule has 0 saturated heterocycles. The molecule has 32 heavy (non-hydrogen) atoms. The number of aromatic nitrogens is 2. The molecule has 0 fully saturated rings. The van der Waals surface area contributed by atoms with Crippen molar-refractivity contribution in [2.75, 3.05) is 12.4 Å². The van der Waals surface area contributed by atoms with Crippen molar-refractivity contribution in [3.05, 3.63) is 100 Å². The van der Waals surface area contributed by atoms with Crippen molar-refractivity contribution in [3.8, 4) is 22.7 Å². The number of halogens is 1. The molecule has 0 radical (unpaired) electrons. The Morgan fingerprint density at radius 2 is 1.78 bits per heavy atom. The Labute approximate surface area is 182 Å². The first kappa shape index (κ1) is 20.7. The standard InChI is InChI=1S/C23H17FN4O4/c1-32-20-4-2-3-15(13-20)21-14-22(23(29)25-17-7-5-16(24)6-8-17)27(26-21)18-9-11-19(12-10-18)28(30)31/h2-14H,1H3,(H,25,29). The highest BCUT2D eigenvalue weighted by molar-refractivity contribution is 6.04. The summed E-state index contributed by atoms with van der Waals surface area (Å²) in [6.45, 7) is 0. The quantitative estimate of drug-likeness (QED) is 0.347. The van der Waals surface area contributed by atoms with Gasteiger partial charge in [0.1, 0.15) is 17.3 Å². The van der Waals surface area contributed by atoms with Crippen LogP contribution in [0.15, 0.2) is 78.9 Å². The largest absolute Gasteiger partial charge is 0.497 e. The van der Waals surface area contributed by atoms with Crippen LogP contribution in [0.3, 0.4) is 0 Å². The van der Waals surface area contributed by atoms with Crippen molar-refractivity contribution < 1.29 is 18.8 Å². The third kappa shape index (κ3) is 4.31. The molecule has 4 aromatic rings. The molecule has 1 aromatic heterocycles. The van der Waals surface area contributed by atoms with E-state index >= 15 is 0 Å². The molecule has 0 bridgehead atoms. The minimum atomic E-state index is -0.503. The number of nitrogens with one attached hydrogen (secondary N) is 1. The number of carbonyl (C=O) groups is 1. The summed E-state index contributed by atoms with van der Waals surface area (Å²) in [5.74, 6) is -0.263. The Morgan fingerprint density at radius 1 is 1.06 bits per heavy atom. The summed E-state index contributed by atoms with van der Waals surface area (Å²) in [5.41, 5.74) is 2.23. The molecule has 0 aliphatic rings. The predicted molar refractivity (Wildman–Crippen MR) is 117 cm³/mol. The highest BCUT2D eigenvalue weighted by Crippen LogP contribution is 2.26. The molecule has 0 spiro atoms. The molecule has 0 atom stereocenters. The number of hydrogen-bond donors (Lipinski definition) is 1. The maximum absolute atomic E-state index is 13.2. The normalized spacial score (nSPS) is 10.6. The van der Waals surface area contributed by atoms with E-state index in [1.807, 2.05) is 6.07 Å². The first-order valence-electron chi connectivity index (χ1n) is 9.51. The van der Waals surface area contributed by atoms with E-state index < -0.39 is 16.6 Å². The van der Waals surface area contributed by atoms with Gasteiger partial charge < -0.3 is 10.1 Å². The van der Waals surface area contributed by atoms with E-state index in [4.69, 9.17) is 4.74 Å². The van der Waals surface area contributed by atoms with Crippen LogP contribution in [0.2, 0.25) is 0 Å².